The molecular weight excluding hydrogens is 488 g/mol. The Hall–Kier alpha value is -3.36. The van der Waals surface area contributed by atoms with Crippen LogP contribution < -0.4 is 9.62 Å². The number of carbonyl (C=O) groups excluding carboxylic acids is 2. The fourth-order valence-electron chi connectivity index (χ4n) is 3.55. The number of halogens is 1. The standard InChI is InChI=1S/C26H27ClN2O5S/c1-5-34-26(31)23-11-8-20(15-24(23)27)28-25(30)16-29(21-13-18(3)12-19(4)14-21)35(32,33)22-9-6-17(2)7-10-22/h6-15H,5,16H2,1-4H3,(H,28,30). The van der Waals surface area contributed by atoms with Gasteiger partial charge in [0.1, 0.15) is 6.54 Å². The van der Waals surface area contributed by atoms with E-state index in [0.717, 1.165) is 21.0 Å². The summed E-state index contributed by atoms with van der Waals surface area (Å²) in [6, 6.07) is 16.2. The number of benzene rings is 3. The van der Waals surface area contributed by atoms with Crippen LogP contribution >= 0.6 is 11.6 Å². The van der Waals surface area contributed by atoms with Gasteiger partial charge >= 0.3 is 5.97 Å². The van der Waals surface area contributed by atoms with Crippen LogP contribution in [0.4, 0.5) is 11.4 Å². The van der Waals surface area contributed by atoms with Crippen molar-refractivity contribution in [3.8, 4) is 0 Å². The molecule has 3 aromatic carbocycles. The average Bonchev–Trinajstić information content (AvgIpc) is 2.77. The van der Waals surface area contributed by atoms with Gasteiger partial charge in [0.25, 0.3) is 10.0 Å². The molecule has 0 aliphatic heterocycles. The van der Waals surface area contributed by atoms with Crippen LogP contribution in [0.15, 0.2) is 65.6 Å². The molecule has 0 saturated carbocycles. The molecular formula is C26H27ClN2O5S. The molecule has 0 aliphatic carbocycles. The molecule has 0 heterocycles. The van der Waals surface area contributed by atoms with Crippen molar-refractivity contribution in [3.05, 3.63) is 87.9 Å². The van der Waals surface area contributed by atoms with Crippen molar-refractivity contribution in [2.24, 2.45) is 0 Å². The molecule has 0 spiro atoms. The van der Waals surface area contributed by atoms with Crippen LogP contribution in [0.5, 0.6) is 0 Å². The summed E-state index contributed by atoms with van der Waals surface area (Å²) in [6.07, 6.45) is 0. The van der Waals surface area contributed by atoms with Crippen molar-refractivity contribution < 1.29 is 22.7 Å². The lowest BCUT2D eigenvalue weighted by Gasteiger charge is -2.25. The van der Waals surface area contributed by atoms with E-state index in [9.17, 15) is 18.0 Å². The molecule has 0 aromatic heterocycles. The van der Waals surface area contributed by atoms with Crippen LogP contribution in [0.1, 0.15) is 34.0 Å². The Morgan fingerprint density at radius 2 is 1.54 bits per heavy atom. The number of aryl methyl sites for hydroxylation is 3. The van der Waals surface area contributed by atoms with Gasteiger partial charge in [-0.1, -0.05) is 35.4 Å². The number of anilines is 2. The minimum Gasteiger partial charge on any atom is -0.462 e. The molecule has 0 bridgehead atoms. The predicted octanol–water partition coefficient (Wildman–Crippen LogP) is 5.28. The SMILES string of the molecule is CCOC(=O)c1ccc(NC(=O)CN(c2cc(C)cc(C)c2)S(=O)(=O)c2ccc(C)cc2)cc1Cl. The molecule has 0 fully saturated rings. The van der Waals surface area contributed by atoms with Crippen molar-refractivity contribution in [1.82, 2.24) is 0 Å². The van der Waals surface area contributed by atoms with Crippen LogP contribution in [0.2, 0.25) is 5.02 Å². The molecule has 9 heteroatoms. The third-order valence-corrected chi connectivity index (χ3v) is 7.24. The number of amides is 1. The van der Waals surface area contributed by atoms with Gasteiger partial charge in [0.15, 0.2) is 0 Å². The van der Waals surface area contributed by atoms with Gasteiger partial charge in [-0.15, -0.1) is 0 Å². The average molecular weight is 515 g/mol. The molecule has 3 rings (SSSR count). The van der Waals surface area contributed by atoms with Crippen LogP contribution in [0.25, 0.3) is 0 Å². The maximum absolute atomic E-state index is 13.6. The van der Waals surface area contributed by atoms with Crippen LogP contribution in [0.3, 0.4) is 0 Å². The van der Waals surface area contributed by atoms with E-state index in [0.29, 0.717) is 11.4 Å². The number of carbonyl (C=O) groups is 2. The van der Waals surface area contributed by atoms with Crippen molar-refractivity contribution in [2.75, 3.05) is 22.8 Å². The molecule has 1 N–H and O–H groups in total. The highest BCUT2D eigenvalue weighted by Gasteiger charge is 2.28. The Morgan fingerprint density at radius 1 is 0.914 bits per heavy atom. The Labute approximate surface area is 210 Å². The highest BCUT2D eigenvalue weighted by Crippen LogP contribution is 2.27. The Balaban J connectivity index is 1.92. The van der Waals surface area contributed by atoms with Crippen molar-refractivity contribution in [3.63, 3.8) is 0 Å². The number of nitrogens with zero attached hydrogens (tertiary/aromatic N) is 1. The van der Waals surface area contributed by atoms with E-state index in [-0.39, 0.29) is 22.1 Å². The van der Waals surface area contributed by atoms with E-state index in [1.54, 1.807) is 31.2 Å². The highest BCUT2D eigenvalue weighted by atomic mass is 35.5. The maximum Gasteiger partial charge on any atom is 0.339 e. The zero-order chi connectivity index (χ0) is 25.8. The molecule has 0 unspecified atom stereocenters. The van der Waals surface area contributed by atoms with E-state index >= 15 is 0 Å². The lowest BCUT2D eigenvalue weighted by atomic mass is 10.1. The van der Waals surface area contributed by atoms with Crippen LogP contribution in [-0.4, -0.2) is 33.4 Å². The second-order valence-corrected chi connectivity index (χ2v) is 10.4. The van der Waals surface area contributed by atoms with Gasteiger partial charge in [-0.25, -0.2) is 13.2 Å². The predicted molar refractivity (Wildman–Crippen MR) is 138 cm³/mol. The van der Waals surface area contributed by atoms with E-state index < -0.39 is 28.4 Å². The second-order valence-electron chi connectivity index (χ2n) is 8.13. The van der Waals surface area contributed by atoms with Crippen molar-refractivity contribution in [1.29, 1.82) is 0 Å². The smallest absolute Gasteiger partial charge is 0.339 e. The van der Waals surface area contributed by atoms with Crippen molar-refractivity contribution in [2.45, 2.75) is 32.6 Å². The highest BCUT2D eigenvalue weighted by molar-refractivity contribution is 7.92. The molecule has 35 heavy (non-hydrogen) atoms. The second kappa shape index (κ2) is 10.9. The van der Waals surface area contributed by atoms with Gasteiger partial charge in [-0.3, -0.25) is 9.10 Å². The molecule has 184 valence electrons. The summed E-state index contributed by atoms with van der Waals surface area (Å²) in [7, 11) is -4.04. The molecule has 3 aromatic rings. The quantitative estimate of drug-likeness (QED) is 0.413. The third kappa shape index (κ3) is 6.41. The largest absolute Gasteiger partial charge is 0.462 e. The van der Waals surface area contributed by atoms with E-state index in [2.05, 4.69) is 5.32 Å². The summed E-state index contributed by atoms with van der Waals surface area (Å²) in [5, 5.41) is 2.77. The number of ether oxygens (including phenoxy) is 1. The maximum atomic E-state index is 13.6. The van der Waals surface area contributed by atoms with Gasteiger partial charge in [-0.05, 0) is 81.3 Å². The van der Waals surface area contributed by atoms with Gasteiger partial charge in [-0.2, -0.15) is 0 Å². The molecule has 0 atom stereocenters. The number of hydrogen-bond donors (Lipinski definition) is 1. The first-order valence-electron chi connectivity index (χ1n) is 11.0. The Morgan fingerprint density at radius 3 is 2.11 bits per heavy atom. The monoisotopic (exact) mass is 514 g/mol. The summed E-state index contributed by atoms with van der Waals surface area (Å²) in [5.41, 5.74) is 3.53. The molecule has 0 aliphatic rings. The van der Waals surface area contributed by atoms with Gasteiger partial charge in [0, 0.05) is 5.69 Å². The van der Waals surface area contributed by atoms with Crippen molar-refractivity contribution >= 4 is 44.9 Å². The normalized spacial score (nSPS) is 11.1. The summed E-state index contributed by atoms with van der Waals surface area (Å²) in [5.74, 6) is -1.14. The topological polar surface area (TPSA) is 92.8 Å². The molecule has 1 amide bonds. The number of hydrogen-bond acceptors (Lipinski definition) is 5. The number of sulfonamides is 1. The first kappa shape index (κ1) is 26.2. The lowest BCUT2D eigenvalue weighted by molar-refractivity contribution is -0.114. The lowest BCUT2D eigenvalue weighted by Crippen LogP contribution is -2.38. The Bertz CT molecular complexity index is 1330. The minimum absolute atomic E-state index is 0.0805. The summed E-state index contributed by atoms with van der Waals surface area (Å²) < 4.78 is 33.2. The van der Waals surface area contributed by atoms with E-state index in [1.165, 1.54) is 30.3 Å². The van der Waals surface area contributed by atoms with Gasteiger partial charge < -0.3 is 10.1 Å². The number of esters is 1. The van der Waals surface area contributed by atoms with Gasteiger partial charge in [0.2, 0.25) is 5.91 Å². The summed E-state index contributed by atoms with van der Waals surface area (Å²) in [6.45, 7) is 7.02. The first-order chi connectivity index (χ1) is 16.5. The molecule has 7 nitrogen and oxygen atoms in total. The molecule has 0 saturated heterocycles. The zero-order valence-corrected chi connectivity index (χ0v) is 21.5. The number of rotatable bonds is 8. The first-order valence-corrected chi connectivity index (χ1v) is 12.8. The summed E-state index contributed by atoms with van der Waals surface area (Å²) >= 11 is 6.19. The Kier molecular flexibility index (Phi) is 8.19. The summed E-state index contributed by atoms with van der Waals surface area (Å²) in [4.78, 5) is 25.0. The minimum atomic E-state index is -4.04. The van der Waals surface area contributed by atoms with Gasteiger partial charge in [0.05, 0.1) is 27.8 Å². The van der Waals surface area contributed by atoms with Crippen LogP contribution in [0, 0.1) is 20.8 Å². The molecule has 0 radical (unpaired) electrons. The van der Waals surface area contributed by atoms with Crippen LogP contribution in [-0.2, 0) is 19.6 Å². The number of nitrogens with one attached hydrogen (secondary N) is 1. The fraction of sp³-hybridized carbons (Fsp3) is 0.231. The van der Waals surface area contributed by atoms with E-state index in [1.807, 2.05) is 26.8 Å². The zero-order valence-electron chi connectivity index (χ0n) is 20.0. The third-order valence-electron chi connectivity index (χ3n) is 5.14. The van der Waals surface area contributed by atoms with E-state index in [4.69, 9.17) is 16.3 Å². The fourth-order valence-corrected chi connectivity index (χ4v) is 5.21.